The van der Waals surface area contributed by atoms with Gasteiger partial charge in [0.05, 0.1) is 5.25 Å². The molecule has 1 aromatic heterocycles. The van der Waals surface area contributed by atoms with E-state index in [1.54, 1.807) is 12.1 Å². The molecule has 1 rings (SSSR count). The predicted molar refractivity (Wildman–Crippen MR) is 69.2 cm³/mol. The number of rotatable bonds is 3. The van der Waals surface area contributed by atoms with Crippen molar-refractivity contribution in [3.8, 4) is 0 Å². The largest absolute Gasteiger partial charge is 0.283 e. The molecule has 17 heavy (non-hydrogen) atoms. The van der Waals surface area contributed by atoms with Gasteiger partial charge in [-0.2, -0.15) is 0 Å². The van der Waals surface area contributed by atoms with Crippen molar-refractivity contribution in [3.63, 3.8) is 0 Å². The second kappa shape index (κ2) is 7.01. The summed E-state index contributed by atoms with van der Waals surface area (Å²) < 4.78 is 24.7. The fourth-order valence-electron chi connectivity index (χ4n) is 0.796. The molecule has 0 bridgehead atoms. The highest BCUT2D eigenvalue weighted by Crippen LogP contribution is 1.99. The van der Waals surface area contributed by atoms with Crippen LogP contribution in [0.5, 0.6) is 0 Å². The molecule has 98 valence electrons. The van der Waals surface area contributed by atoms with Gasteiger partial charge in [0.1, 0.15) is 5.69 Å². The molecular formula is C11H20N2O3S. The summed E-state index contributed by atoms with van der Waals surface area (Å²) in [7, 11) is -3.59. The van der Waals surface area contributed by atoms with Crippen LogP contribution in [0.2, 0.25) is 0 Å². The topological polar surface area (TPSA) is 76.1 Å². The monoisotopic (exact) mass is 260 g/mol. The number of carbonyl (C=O) groups is 1. The Bertz CT molecular complexity index is 447. The smallest absolute Gasteiger partial charge is 0.266 e. The fraction of sp³-hybridized carbons (Fsp3) is 0.455. The minimum Gasteiger partial charge on any atom is -0.266 e. The van der Waals surface area contributed by atoms with E-state index in [0.29, 0.717) is 0 Å². The van der Waals surface area contributed by atoms with Gasteiger partial charge < -0.3 is 0 Å². The van der Waals surface area contributed by atoms with E-state index in [0.717, 1.165) is 0 Å². The third-order valence-electron chi connectivity index (χ3n) is 1.75. The Hall–Kier alpha value is -1.43. The molecule has 1 heterocycles. The van der Waals surface area contributed by atoms with Crippen molar-refractivity contribution < 1.29 is 14.6 Å². The number of hydrogen-bond donors (Lipinski definition) is 1. The molecule has 0 spiro atoms. The molecule has 0 aliphatic carbocycles. The number of pyridine rings is 1. The second-order valence-electron chi connectivity index (χ2n) is 3.24. The first-order valence-electron chi connectivity index (χ1n) is 5.40. The van der Waals surface area contributed by atoms with Crippen LogP contribution in [0.1, 0.15) is 39.6 Å². The van der Waals surface area contributed by atoms with Crippen LogP contribution in [0.25, 0.3) is 0 Å². The minimum atomic E-state index is -3.59. The van der Waals surface area contributed by atoms with Crippen molar-refractivity contribution in [2.45, 2.75) is 32.9 Å². The maximum absolute atomic E-state index is 11.4. The van der Waals surface area contributed by atoms with Gasteiger partial charge in [-0.15, -0.1) is 0 Å². The van der Waals surface area contributed by atoms with Gasteiger partial charge in [-0.05, 0) is 26.0 Å². The standard InChI is InChI=1S/C9H12N2O3S.C2H6.H2/c1-7(2)15(13,14)11-9(12)8-5-3-4-6-10-8;1-2;/h3-7H,1-2H3,(H,11,12);1-2H3;1H. The molecule has 1 N–H and O–H groups in total. The molecule has 0 unspecified atom stereocenters. The lowest BCUT2D eigenvalue weighted by atomic mass is 10.3. The van der Waals surface area contributed by atoms with E-state index in [-0.39, 0.29) is 7.12 Å². The number of carbonyl (C=O) groups excluding carboxylic acids is 1. The first-order chi connectivity index (χ1) is 7.93. The number of hydrogen-bond acceptors (Lipinski definition) is 4. The van der Waals surface area contributed by atoms with E-state index < -0.39 is 21.2 Å². The van der Waals surface area contributed by atoms with Crippen LogP contribution in [0.15, 0.2) is 24.4 Å². The van der Waals surface area contributed by atoms with E-state index in [2.05, 4.69) is 4.98 Å². The van der Waals surface area contributed by atoms with Gasteiger partial charge in [0.2, 0.25) is 10.0 Å². The van der Waals surface area contributed by atoms with E-state index in [9.17, 15) is 13.2 Å². The molecule has 0 saturated carbocycles. The fourth-order valence-corrected chi connectivity index (χ4v) is 1.40. The molecule has 5 nitrogen and oxygen atoms in total. The summed E-state index contributed by atoms with van der Waals surface area (Å²) in [4.78, 5) is 15.2. The maximum Gasteiger partial charge on any atom is 0.283 e. The molecule has 1 amide bonds. The third kappa shape index (κ3) is 4.95. The summed E-state index contributed by atoms with van der Waals surface area (Å²) in [5.41, 5.74) is 0.0849. The van der Waals surface area contributed by atoms with Crippen LogP contribution in [0.3, 0.4) is 0 Å². The summed E-state index contributed by atoms with van der Waals surface area (Å²) >= 11 is 0. The molecule has 0 fully saturated rings. The van der Waals surface area contributed by atoms with Gasteiger partial charge >= 0.3 is 0 Å². The zero-order valence-electron chi connectivity index (χ0n) is 10.5. The third-order valence-corrected chi connectivity index (χ3v) is 3.46. The van der Waals surface area contributed by atoms with Crippen molar-refractivity contribution in [3.05, 3.63) is 30.1 Å². The number of nitrogens with one attached hydrogen (secondary N) is 1. The Kier molecular flexibility index (Phi) is 6.42. The van der Waals surface area contributed by atoms with E-state index in [1.807, 2.05) is 18.6 Å². The van der Waals surface area contributed by atoms with Gasteiger partial charge in [-0.3, -0.25) is 9.78 Å². The van der Waals surface area contributed by atoms with Gasteiger partial charge in [0, 0.05) is 7.62 Å². The van der Waals surface area contributed by atoms with Crippen molar-refractivity contribution in [2.75, 3.05) is 0 Å². The molecular weight excluding hydrogens is 240 g/mol. The summed E-state index contributed by atoms with van der Waals surface area (Å²) in [5.74, 6) is -0.704. The highest BCUT2D eigenvalue weighted by atomic mass is 32.2. The molecule has 0 aliphatic heterocycles. The van der Waals surface area contributed by atoms with Crippen molar-refractivity contribution in [1.29, 1.82) is 0 Å². The Morgan fingerprint density at radius 1 is 1.35 bits per heavy atom. The quantitative estimate of drug-likeness (QED) is 0.899. The first-order valence-corrected chi connectivity index (χ1v) is 6.95. The zero-order valence-corrected chi connectivity index (χ0v) is 11.3. The minimum absolute atomic E-state index is 0. The highest BCUT2D eigenvalue weighted by Gasteiger charge is 2.20. The zero-order chi connectivity index (χ0) is 13.5. The van der Waals surface area contributed by atoms with E-state index in [4.69, 9.17) is 0 Å². The van der Waals surface area contributed by atoms with E-state index in [1.165, 1.54) is 26.1 Å². The summed E-state index contributed by atoms with van der Waals surface area (Å²) in [5, 5.41) is -0.648. The second-order valence-corrected chi connectivity index (χ2v) is 5.48. The van der Waals surface area contributed by atoms with Gasteiger partial charge in [-0.1, -0.05) is 19.9 Å². The van der Waals surface area contributed by atoms with Crippen LogP contribution in [0.4, 0.5) is 0 Å². The van der Waals surface area contributed by atoms with Gasteiger partial charge in [0.15, 0.2) is 0 Å². The summed E-state index contributed by atoms with van der Waals surface area (Å²) in [6.45, 7) is 6.99. The van der Waals surface area contributed by atoms with Crippen molar-refractivity contribution in [2.24, 2.45) is 0 Å². The lowest BCUT2D eigenvalue weighted by molar-refractivity contribution is 0.0976. The molecule has 6 heteroatoms. The Morgan fingerprint density at radius 2 is 1.94 bits per heavy atom. The van der Waals surface area contributed by atoms with Crippen LogP contribution < -0.4 is 4.72 Å². The summed E-state index contributed by atoms with van der Waals surface area (Å²) in [6, 6.07) is 4.71. The number of nitrogens with zero attached hydrogens (tertiary/aromatic N) is 1. The van der Waals surface area contributed by atoms with Gasteiger partial charge in [-0.25, -0.2) is 13.1 Å². The normalized spacial score (nSPS) is 10.4. The highest BCUT2D eigenvalue weighted by molar-refractivity contribution is 7.90. The molecule has 0 aliphatic rings. The average Bonchev–Trinajstić information content (AvgIpc) is 2.32. The predicted octanol–water partition coefficient (Wildman–Crippen LogP) is 1.82. The average molecular weight is 260 g/mol. The molecule has 0 aromatic carbocycles. The number of amides is 1. The van der Waals surface area contributed by atoms with Crippen molar-refractivity contribution >= 4 is 15.9 Å². The molecule has 1 aromatic rings. The Balaban J connectivity index is 0. The number of sulfonamides is 1. The van der Waals surface area contributed by atoms with Crippen LogP contribution in [-0.4, -0.2) is 24.6 Å². The van der Waals surface area contributed by atoms with Crippen molar-refractivity contribution in [1.82, 2.24) is 9.71 Å². The Labute approximate surface area is 104 Å². The van der Waals surface area contributed by atoms with Crippen LogP contribution >= 0.6 is 0 Å². The first kappa shape index (κ1) is 15.6. The summed E-state index contributed by atoms with van der Waals surface area (Å²) in [6.07, 6.45) is 1.43. The number of aromatic nitrogens is 1. The molecule has 0 radical (unpaired) electrons. The van der Waals surface area contributed by atoms with E-state index >= 15 is 0 Å². The SMILES string of the molecule is CC.CC(C)S(=O)(=O)NC(=O)c1ccccn1.[HH]. The molecule has 0 saturated heterocycles. The maximum atomic E-state index is 11.4. The lowest BCUT2D eigenvalue weighted by Gasteiger charge is -2.08. The van der Waals surface area contributed by atoms with Gasteiger partial charge in [0.25, 0.3) is 5.91 Å². The Morgan fingerprint density at radius 3 is 2.35 bits per heavy atom. The molecule has 0 atom stereocenters. The van der Waals surface area contributed by atoms with Crippen LogP contribution in [-0.2, 0) is 10.0 Å². The van der Waals surface area contributed by atoms with Crippen LogP contribution in [0, 0.1) is 0 Å². The lowest BCUT2D eigenvalue weighted by Crippen LogP contribution is -2.36.